The van der Waals surface area contributed by atoms with E-state index in [0.29, 0.717) is 10.6 Å². The molecule has 19 heavy (non-hydrogen) atoms. The number of likely N-dealkylation sites (tertiary alicyclic amines) is 1. The van der Waals surface area contributed by atoms with Crippen LogP contribution < -0.4 is 0 Å². The lowest BCUT2D eigenvalue weighted by molar-refractivity contribution is 0.0736. The van der Waals surface area contributed by atoms with Crippen molar-refractivity contribution in [3.63, 3.8) is 0 Å². The summed E-state index contributed by atoms with van der Waals surface area (Å²) in [6, 6.07) is 9.58. The quantitative estimate of drug-likeness (QED) is 0.804. The number of carbonyl (C=O) groups excluding carboxylic acids is 1. The second-order valence-electron chi connectivity index (χ2n) is 4.69. The third kappa shape index (κ3) is 2.40. The van der Waals surface area contributed by atoms with Crippen LogP contribution in [0.25, 0.3) is 0 Å². The Bertz CT molecular complexity index is 582. The number of hydrogen-bond acceptors (Lipinski definition) is 2. The molecule has 1 saturated heterocycles. The first kappa shape index (κ1) is 12.7. The SMILES string of the molecule is O=C(c1ccccc1Cl)N1CCC[C@H]1c1ccsc1. The van der Waals surface area contributed by atoms with Gasteiger partial charge in [0.2, 0.25) is 0 Å². The fraction of sp³-hybridized carbons (Fsp3) is 0.267. The lowest BCUT2D eigenvalue weighted by Gasteiger charge is -2.24. The topological polar surface area (TPSA) is 20.3 Å². The van der Waals surface area contributed by atoms with E-state index in [1.807, 2.05) is 17.0 Å². The van der Waals surface area contributed by atoms with Crippen molar-refractivity contribution in [1.29, 1.82) is 0 Å². The highest BCUT2D eigenvalue weighted by molar-refractivity contribution is 7.08. The first-order valence-electron chi connectivity index (χ1n) is 6.35. The van der Waals surface area contributed by atoms with Gasteiger partial charge in [-0.15, -0.1) is 0 Å². The molecule has 2 heterocycles. The minimum Gasteiger partial charge on any atom is -0.332 e. The van der Waals surface area contributed by atoms with Gasteiger partial charge < -0.3 is 4.90 Å². The third-order valence-electron chi connectivity index (χ3n) is 3.55. The summed E-state index contributed by atoms with van der Waals surface area (Å²) in [5, 5.41) is 4.72. The van der Waals surface area contributed by atoms with E-state index >= 15 is 0 Å². The molecule has 1 atom stereocenters. The standard InChI is InChI=1S/C15H14ClNOS/c16-13-5-2-1-4-12(13)15(18)17-8-3-6-14(17)11-7-9-19-10-11/h1-2,4-5,7,9-10,14H,3,6,8H2/t14-/m0/s1. The highest BCUT2D eigenvalue weighted by atomic mass is 35.5. The Hall–Kier alpha value is -1.32. The zero-order valence-electron chi connectivity index (χ0n) is 10.4. The molecule has 0 N–H and O–H groups in total. The van der Waals surface area contributed by atoms with E-state index in [1.165, 1.54) is 5.56 Å². The number of nitrogens with zero attached hydrogens (tertiary/aromatic N) is 1. The van der Waals surface area contributed by atoms with Crippen molar-refractivity contribution in [2.75, 3.05) is 6.54 Å². The first-order chi connectivity index (χ1) is 9.27. The number of rotatable bonds is 2. The minimum atomic E-state index is 0.0410. The number of amides is 1. The van der Waals surface area contributed by atoms with Gasteiger partial charge in [0.05, 0.1) is 16.6 Å². The van der Waals surface area contributed by atoms with Gasteiger partial charge in [0.15, 0.2) is 0 Å². The van der Waals surface area contributed by atoms with E-state index in [4.69, 9.17) is 11.6 Å². The van der Waals surface area contributed by atoms with E-state index in [0.717, 1.165) is 19.4 Å². The molecule has 2 aromatic rings. The lowest BCUT2D eigenvalue weighted by atomic mass is 10.1. The molecule has 1 aliphatic rings. The van der Waals surface area contributed by atoms with E-state index in [9.17, 15) is 4.79 Å². The van der Waals surface area contributed by atoms with Crippen molar-refractivity contribution in [3.05, 3.63) is 57.2 Å². The molecule has 2 nitrogen and oxygen atoms in total. The zero-order valence-corrected chi connectivity index (χ0v) is 12.0. The van der Waals surface area contributed by atoms with Crippen molar-refractivity contribution >= 4 is 28.8 Å². The fourth-order valence-electron chi connectivity index (χ4n) is 2.61. The van der Waals surface area contributed by atoms with E-state index in [2.05, 4.69) is 16.8 Å². The van der Waals surface area contributed by atoms with Crippen LogP contribution in [0.2, 0.25) is 5.02 Å². The zero-order chi connectivity index (χ0) is 13.2. The van der Waals surface area contributed by atoms with Crippen molar-refractivity contribution in [2.45, 2.75) is 18.9 Å². The van der Waals surface area contributed by atoms with Crippen LogP contribution in [0.3, 0.4) is 0 Å². The summed E-state index contributed by atoms with van der Waals surface area (Å²) in [4.78, 5) is 14.6. The molecule has 0 bridgehead atoms. The monoisotopic (exact) mass is 291 g/mol. The summed E-state index contributed by atoms with van der Waals surface area (Å²) in [6.45, 7) is 0.810. The summed E-state index contributed by atoms with van der Waals surface area (Å²) in [7, 11) is 0. The molecule has 98 valence electrons. The Balaban J connectivity index is 1.89. The molecule has 0 unspecified atom stereocenters. The average Bonchev–Trinajstić information content (AvgIpc) is 3.09. The van der Waals surface area contributed by atoms with Gasteiger partial charge in [-0.25, -0.2) is 0 Å². The smallest absolute Gasteiger partial charge is 0.255 e. The highest BCUT2D eigenvalue weighted by Gasteiger charge is 2.31. The minimum absolute atomic E-state index is 0.0410. The van der Waals surface area contributed by atoms with E-state index in [1.54, 1.807) is 23.5 Å². The largest absolute Gasteiger partial charge is 0.332 e. The first-order valence-corrected chi connectivity index (χ1v) is 7.67. The van der Waals surface area contributed by atoms with E-state index < -0.39 is 0 Å². The average molecular weight is 292 g/mol. The summed E-state index contributed by atoms with van der Waals surface area (Å²) < 4.78 is 0. The van der Waals surface area contributed by atoms with Crippen LogP contribution in [0.1, 0.15) is 34.8 Å². The molecule has 0 spiro atoms. The second kappa shape index (κ2) is 5.35. The molecule has 1 amide bonds. The lowest BCUT2D eigenvalue weighted by Crippen LogP contribution is -2.30. The predicted octanol–water partition coefficient (Wildman–Crippen LogP) is 4.38. The molecule has 1 fully saturated rings. The van der Waals surface area contributed by atoms with Gasteiger partial charge in [0.25, 0.3) is 5.91 Å². The molecule has 0 saturated carbocycles. The van der Waals surface area contributed by atoms with Gasteiger partial charge in [-0.1, -0.05) is 23.7 Å². The Morgan fingerprint density at radius 3 is 2.89 bits per heavy atom. The summed E-state index contributed by atoms with van der Waals surface area (Å²) in [5.41, 5.74) is 1.84. The highest BCUT2D eigenvalue weighted by Crippen LogP contribution is 2.34. The van der Waals surface area contributed by atoms with Crippen LogP contribution in [0, 0.1) is 0 Å². The Morgan fingerprint density at radius 1 is 1.32 bits per heavy atom. The van der Waals surface area contributed by atoms with Gasteiger partial charge >= 0.3 is 0 Å². The number of thiophene rings is 1. The number of carbonyl (C=O) groups is 1. The Kier molecular flexibility index (Phi) is 3.58. The maximum Gasteiger partial charge on any atom is 0.255 e. The van der Waals surface area contributed by atoms with Crippen LogP contribution >= 0.6 is 22.9 Å². The summed E-state index contributed by atoms with van der Waals surface area (Å²) in [6.07, 6.45) is 2.09. The van der Waals surface area contributed by atoms with E-state index in [-0.39, 0.29) is 11.9 Å². The fourth-order valence-corrected chi connectivity index (χ4v) is 3.53. The predicted molar refractivity (Wildman–Crippen MR) is 78.8 cm³/mol. The van der Waals surface area contributed by atoms with Gasteiger partial charge in [-0.05, 0) is 47.4 Å². The van der Waals surface area contributed by atoms with Gasteiger partial charge in [-0.2, -0.15) is 11.3 Å². The molecule has 0 aliphatic carbocycles. The second-order valence-corrected chi connectivity index (χ2v) is 5.88. The van der Waals surface area contributed by atoms with Crippen molar-refractivity contribution in [3.8, 4) is 0 Å². The van der Waals surface area contributed by atoms with Crippen molar-refractivity contribution in [2.24, 2.45) is 0 Å². The van der Waals surface area contributed by atoms with Crippen molar-refractivity contribution < 1.29 is 4.79 Å². The number of hydrogen-bond donors (Lipinski definition) is 0. The number of halogens is 1. The Labute approximate surface area is 121 Å². The molecular formula is C15H14ClNOS. The normalized spacial score (nSPS) is 18.8. The van der Waals surface area contributed by atoms with Crippen LogP contribution in [0.15, 0.2) is 41.1 Å². The van der Waals surface area contributed by atoms with Crippen LogP contribution in [0.4, 0.5) is 0 Å². The maximum absolute atomic E-state index is 12.6. The molecule has 3 rings (SSSR count). The van der Waals surface area contributed by atoms with Crippen LogP contribution in [-0.2, 0) is 0 Å². The maximum atomic E-state index is 12.6. The molecular weight excluding hydrogens is 278 g/mol. The summed E-state index contributed by atoms with van der Waals surface area (Å²) >= 11 is 7.80. The molecule has 4 heteroatoms. The molecule has 0 radical (unpaired) electrons. The van der Waals surface area contributed by atoms with Gasteiger partial charge in [0.1, 0.15) is 0 Å². The van der Waals surface area contributed by atoms with Crippen LogP contribution in [0.5, 0.6) is 0 Å². The Morgan fingerprint density at radius 2 is 2.16 bits per heavy atom. The third-order valence-corrected chi connectivity index (χ3v) is 4.58. The van der Waals surface area contributed by atoms with Gasteiger partial charge in [0, 0.05) is 6.54 Å². The number of benzene rings is 1. The molecule has 1 aromatic carbocycles. The van der Waals surface area contributed by atoms with Gasteiger partial charge in [-0.3, -0.25) is 4.79 Å². The summed E-state index contributed by atoms with van der Waals surface area (Å²) in [5.74, 6) is 0.0410. The molecule has 1 aliphatic heterocycles. The van der Waals surface area contributed by atoms with Crippen LogP contribution in [-0.4, -0.2) is 17.4 Å². The van der Waals surface area contributed by atoms with Crippen molar-refractivity contribution in [1.82, 2.24) is 4.90 Å². The molecule has 1 aromatic heterocycles.